The molecule has 5 heteroatoms. The number of rotatable bonds is 5. The number of ketones is 1. The van der Waals surface area contributed by atoms with Crippen molar-refractivity contribution in [2.75, 3.05) is 26.2 Å². The molecule has 0 spiro atoms. The van der Waals surface area contributed by atoms with E-state index in [1.165, 1.54) is 30.2 Å². The highest BCUT2D eigenvalue weighted by atomic mass is 16.3. The monoisotopic (exact) mass is 380 g/mol. The lowest BCUT2D eigenvalue weighted by Gasteiger charge is -2.22. The number of amides is 1. The largest absolute Gasteiger partial charge is 0.459 e. The maximum absolute atomic E-state index is 12.7. The third kappa shape index (κ3) is 4.36. The number of benzene rings is 1. The van der Waals surface area contributed by atoms with Crippen molar-refractivity contribution in [1.82, 2.24) is 10.2 Å². The zero-order valence-corrected chi connectivity index (χ0v) is 16.3. The predicted octanol–water partition coefficient (Wildman–Crippen LogP) is 3.48. The first-order chi connectivity index (χ1) is 13.7. The zero-order chi connectivity index (χ0) is 19.3. The molecule has 2 aliphatic heterocycles. The van der Waals surface area contributed by atoms with Crippen LogP contribution in [0.2, 0.25) is 0 Å². The lowest BCUT2D eigenvalue weighted by molar-refractivity contribution is 0.0731. The second-order valence-corrected chi connectivity index (χ2v) is 7.91. The van der Waals surface area contributed by atoms with E-state index in [-0.39, 0.29) is 11.7 Å². The number of hydrogen-bond acceptors (Lipinski definition) is 4. The van der Waals surface area contributed by atoms with Crippen molar-refractivity contribution >= 4 is 11.7 Å². The van der Waals surface area contributed by atoms with Crippen LogP contribution in [0, 0.1) is 5.92 Å². The molecule has 148 valence electrons. The second-order valence-electron chi connectivity index (χ2n) is 7.91. The van der Waals surface area contributed by atoms with Crippen molar-refractivity contribution in [1.29, 1.82) is 0 Å². The van der Waals surface area contributed by atoms with Gasteiger partial charge in [-0.3, -0.25) is 9.59 Å². The van der Waals surface area contributed by atoms with Crippen LogP contribution >= 0.6 is 0 Å². The van der Waals surface area contributed by atoms with Crippen molar-refractivity contribution in [2.45, 2.75) is 38.5 Å². The van der Waals surface area contributed by atoms with Gasteiger partial charge in [-0.1, -0.05) is 12.1 Å². The summed E-state index contributed by atoms with van der Waals surface area (Å²) in [5.74, 6) is 1.25. The molecule has 1 N–H and O–H groups in total. The summed E-state index contributed by atoms with van der Waals surface area (Å²) in [5.41, 5.74) is 3.26. The van der Waals surface area contributed by atoms with Gasteiger partial charge in [0.15, 0.2) is 11.5 Å². The van der Waals surface area contributed by atoms with Crippen LogP contribution in [-0.2, 0) is 12.8 Å². The molecule has 0 unspecified atom stereocenters. The Morgan fingerprint density at radius 3 is 2.61 bits per heavy atom. The highest BCUT2D eigenvalue weighted by Gasteiger charge is 2.22. The van der Waals surface area contributed by atoms with Crippen molar-refractivity contribution in [3.8, 4) is 0 Å². The number of nitrogens with one attached hydrogen (secondary N) is 1. The molecule has 0 radical (unpaired) electrons. The van der Waals surface area contributed by atoms with Crippen LogP contribution < -0.4 is 5.32 Å². The molecule has 1 saturated heterocycles. The van der Waals surface area contributed by atoms with E-state index in [1.54, 1.807) is 12.1 Å². The van der Waals surface area contributed by atoms with Gasteiger partial charge in [-0.15, -0.1) is 0 Å². The van der Waals surface area contributed by atoms with Crippen LogP contribution in [0.1, 0.15) is 57.7 Å². The standard InChI is InChI=1S/C23H28N2O3/c26-21(6-3-17-7-11-24-12-8-17)20-5-4-18-9-13-25(14-10-19(18)16-20)23(27)22-2-1-15-28-22/h1-2,4-5,15-17,24H,3,6-14H2. The van der Waals surface area contributed by atoms with E-state index in [1.807, 2.05) is 11.0 Å². The van der Waals surface area contributed by atoms with Crippen LogP contribution in [0.25, 0.3) is 0 Å². The third-order valence-electron chi connectivity index (χ3n) is 6.09. The molecule has 28 heavy (non-hydrogen) atoms. The summed E-state index contributed by atoms with van der Waals surface area (Å²) in [6.45, 7) is 3.48. The van der Waals surface area contributed by atoms with E-state index in [9.17, 15) is 9.59 Å². The first-order valence-electron chi connectivity index (χ1n) is 10.4. The molecule has 0 aliphatic carbocycles. The van der Waals surface area contributed by atoms with Crippen LogP contribution in [0.4, 0.5) is 0 Å². The van der Waals surface area contributed by atoms with E-state index in [0.29, 0.717) is 31.2 Å². The predicted molar refractivity (Wildman–Crippen MR) is 108 cm³/mol. The van der Waals surface area contributed by atoms with Gasteiger partial charge in [0.05, 0.1) is 6.26 Å². The van der Waals surface area contributed by atoms with E-state index < -0.39 is 0 Å². The van der Waals surface area contributed by atoms with Gasteiger partial charge < -0.3 is 14.6 Å². The molecule has 1 aromatic heterocycles. The minimum absolute atomic E-state index is 0.0592. The highest BCUT2D eigenvalue weighted by molar-refractivity contribution is 5.96. The Hall–Kier alpha value is -2.40. The first-order valence-corrected chi connectivity index (χ1v) is 10.4. The average Bonchev–Trinajstić information content (AvgIpc) is 3.19. The average molecular weight is 380 g/mol. The minimum atomic E-state index is -0.0592. The van der Waals surface area contributed by atoms with Gasteiger partial charge in [0.1, 0.15) is 0 Å². The molecule has 4 rings (SSSR count). The van der Waals surface area contributed by atoms with E-state index in [2.05, 4.69) is 17.4 Å². The number of piperidine rings is 1. The van der Waals surface area contributed by atoms with Crippen molar-refractivity contribution in [3.63, 3.8) is 0 Å². The molecule has 1 aromatic carbocycles. The maximum atomic E-state index is 12.7. The second kappa shape index (κ2) is 8.74. The van der Waals surface area contributed by atoms with Crippen LogP contribution in [0.15, 0.2) is 41.0 Å². The molecule has 0 saturated carbocycles. The Morgan fingerprint density at radius 2 is 1.86 bits per heavy atom. The van der Waals surface area contributed by atoms with Crippen molar-refractivity contribution < 1.29 is 14.0 Å². The number of hydrogen-bond donors (Lipinski definition) is 1. The van der Waals surface area contributed by atoms with Gasteiger partial charge in [0.25, 0.3) is 5.91 Å². The van der Waals surface area contributed by atoms with Crippen molar-refractivity contribution in [2.24, 2.45) is 5.92 Å². The van der Waals surface area contributed by atoms with Gasteiger partial charge in [-0.25, -0.2) is 0 Å². The summed E-state index contributed by atoms with van der Waals surface area (Å²) in [5, 5.41) is 3.38. The number of nitrogens with zero attached hydrogens (tertiary/aromatic N) is 1. The Labute approximate surface area is 166 Å². The lowest BCUT2D eigenvalue weighted by atomic mass is 9.90. The Kier molecular flexibility index (Phi) is 5.91. The molecule has 5 nitrogen and oxygen atoms in total. The van der Waals surface area contributed by atoms with Crippen molar-refractivity contribution in [3.05, 3.63) is 59.0 Å². The minimum Gasteiger partial charge on any atom is -0.459 e. The van der Waals surface area contributed by atoms with E-state index >= 15 is 0 Å². The van der Waals surface area contributed by atoms with Gasteiger partial charge >= 0.3 is 0 Å². The molecule has 2 aliphatic rings. The summed E-state index contributed by atoms with van der Waals surface area (Å²) in [6.07, 6.45) is 7.09. The SMILES string of the molecule is O=C(CCC1CCNCC1)c1ccc2c(c1)CCN(C(=O)c1ccco1)CC2. The molecular weight excluding hydrogens is 352 g/mol. The lowest BCUT2D eigenvalue weighted by Crippen LogP contribution is -2.33. The van der Waals surface area contributed by atoms with Gasteiger partial charge in [-0.2, -0.15) is 0 Å². The number of Topliss-reactive ketones (excluding diaryl/α,β-unsaturated/α-hetero) is 1. The molecule has 0 bridgehead atoms. The smallest absolute Gasteiger partial charge is 0.289 e. The van der Waals surface area contributed by atoms with E-state index in [4.69, 9.17) is 4.42 Å². The van der Waals surface area contributed by atoms with Gasteiger partial charge in [0.2, 0.25) is 0 Å². The van der Waals surface area contributed by atoms with Gasteiger partial charge in [-0.05, 0) is 80.4 Å². The number of furan rings is 1. The fraction of sp³-hybridized carbons (Fsp3) is 0.478. The van der Waals surface area contributed by atoms with Crippen LogP contribution in [-0.4, -0.2) is 42.8 Å². The summed E-state index contributed by atoms with van der Waals surface area (Å²) < 4.78 is 5.25. The quantitative estimate of drug-likeness (QED) is 0.807. The maximum Gasteiger partial charge on any atom is 0.289 e. The summed E-state index contributed by atoms with van der Waals surface area (Å²) >= 11 is 0. The Morgan fingerprint density at radius 1 is 1.07 bits per heavy atom. The fourth-order valence-corrected chi connectivity index (χ4v) is 4.31. The van der Waals surface area contributed by atoms with E-state index in [0.717, 1.165) is 37.9 Å². The first kappa shape index (κ1) is 18.9. The molecular formula is C23H28N2O3. The van der Waals surface area contributed by atoms with Crippen LogP contribution in [0.3, 0.4) is 0 Å². The van der Waals surface area contributed by atoms with Crippen LogP contribution in [0.5, 0.6) is 0 Å². The number of fused-ring (bicyclic) bond motifs is 1. The molecule has 3 heterocycles. The summed E-state index contributed by atoms with van der Waals surface area (Å²) in [6, 6.07) is 9.55. The molecule has 0 atom stereocenters. The Balaban J connectivity index is 1.38. The summed E-state index contributed by atoms with van der Waals surface area (Å²) in [7, 11) is 0. The topological polar surface area (TPSA) is 62.6 Å². The molecule has 2 aromatic rings. The zero-order valence-electron chi connectivity index (χ0n) is 16.3. The summed E-state index contributed by atoms with van der Waals surface area (Å²) in [4.78, 5) is 27.1. The molecule has 1 fully saturated rings. The van der Waals surface area contributed by atoms with Gasteiger partial charge in [0, 0.05) is 25.1 Å². The highest BCUT2D eigenvalue weighted by Crippen LogP contribution is 2.23. The number of carbonyl (C=O) groups is 2. The third-order valence-corrected chi connectivity index (χ3v) is 6.09. The number of carbonyl (C=O) groups excluding carboxylic acids is 2. The normalized spacial score (nSPS) is 17.8. The Bertz CT molecular complexity index is 822. The fourth-order valence-electron chi connectivity index (χ4n) is 4.31. The molecule has 1 amide bonds.